The highest BCUT2D eigenvalue weighted by Gasteiger charge is 2.38. The number of hydrogen-bond acceptors (Lipinski definition) is 3. The van der Waals surface area contributed by atoms with Crippen molar-refractivity contribution in [1.29, 1.82) is 0 Å². The number of amides is 1. The smallest absolute Gasteiger partial charge is 0.293 e. The molecule has 4 nitrogen and oxygen atoms in total. The van der Waals surface area contributed by atoms with Crippen molar-refractivity contribution in [3.05, 3.63) is 0 Å². The van der Waals surface area contributed by atoms with Gasteiger partial charge in [-0.2, -0.15) is 13.2 Å². The van der Waals surface area contributed by atoms with E-state index in [1.807, 2.05) is 5.43 Å². The van der Waals surface area contributed by atoms with Crippen molar-refractivity contribution in [1.82, 2.24) is 10.3 Å². The van der Waals surface area contributed by atoms with Gasteiger partial charge in [-0.3, -0.25) is 15.1 Å². The highest BCUT2D eigenvalue weighted by atomic mass is 19.4. The Morgan fingerprint density at radius 3 is 2.00 bits per heavy atom. The quantitative estimate of drug-likeness (QED) is 0.442. The summed E-state index contributed by atoms with van der Waals surface area (Å²) in [6, 6.07) is -1.29. The molecule has 17 heavy (non-hydrogen) atoms. The fraction of sp³-hybridized carbons (Fsp3) is 0.900. The molecule has 0 spiro atoms. The third kappa shape index (κ3) is 5.36. The predicted octanol–water partition coefficient (Wildman–Crippen LogP) is 1.27. The lowest BCUT2D eigenvalue weighted by Gasteiger charge is -2.36. The van der Waals surface area contributed by atoms with Crippen LogP contribution in [0.25, 0.3) is 0 Å². The molecule has 0 saturated carbocycles. The molecule has 3 N–H and O–H groups in total. The van der Waals surface area contributed by atoms with Gasteiger partial charge in [-0.15, -0.1) is 0 Å². The minimum absolute atomic E-state index is 0.261. The van der Waals surface area contributed by atoms with Crippen molar-refractivity contribution in [2.75, 3.05) is 6.54 Å². The van der Waals surface area contributed by atoms with E-state index in [0.29, 0.717) is 0 Å². The van der Waals surface area contributed by atoms with Crippen LogP contribution in [0.1, 0.15) is 27.7 Å². The Hall–Kier alpha value is -0.820. The lowest BCUT2D eigenvalue weighted by atomic mass is 10.00. The molecule has 0 aliphatic carbocycles. The summed E-state index contributed by atoms with van der Waals surface area (Å²) in [6.45, 7) is 5.48. The molecule has 0 aromatic heterocycles. The molecule has 0 heterocycles. The molecule has 0 aliphatic rings. The molecule has 0 radical (unpaired) electrons. The summed E-state index contributed by atoms with van der Waals surface area (Å²) in [5, 5.41) is 0. The first-order chi connectivity index (χ1) is 7.60. The molecular weight excluding hydrogens is 235 g/mol. The minimum Gasteiger partial charge on any atom is -0.293 e. The summed E-state index contributed by atoms with van der Waals surface area (Å²) in [4.78, 5) is 12.6. The molecule has 1 atom stereocenters. The van der Waals surface area contributed by atoms with Crippen LogP contribution in [0.5, 0.6) is 0 Å². The molecule has 0 fully saturated rings. The van der Waals surface area contributed by atoms with E-state index in [0.717, 1.165) is 4.90 Å². The number of hydrazine groups is 1. The van der Waals surface area contributed by atoms with Gasteiger partial charge in [0.1, 0.15) is 0 Å². The maximum atomic E-state index is 12.5. The predicted molar refractivity (Wildman–Crippen MR) is 58.9 cm³/mol. The van der Waals surface area contributed by atoms with Crippen molar-refractivity contribution in [2.24, 2.45) is 11.8 Å². The molecule has 1 amide bonds. The van der Waals surface area contributed by atoms with E-state index >= 15 is 0 Å². The molecule has 0 aromatic rings. The monoisotopic (exact) mass is 255 g/mol. The number of hydrogen-bond donors (Lipinski definition) is 2. The SMILES string of the molecule is CC(C)C(C(=O)NN)N(CC(F)(F)F)C(C)C. The largest absolute Gasteiger partial charge is 0.401 e. The zero-order valence-electron chi connectivity index (χ0n) is 10.5. The van der Waals surface area contributed by atoms with Crippen molar-refractivity contribution in [2.45, 2.75) is 46.0 Å². The zero-order valence-corrected chi connectivity index (χ0v) is 10.5. The zero-order chi connectivity index (χ0) is 13.8. The summed E-state index contributed by atoms with van der Waals surface area (Å²) in [7, 11) is 0. The molecule has 0 aromatic carbocycles. The van der Waals surface area contributed by atoms with Gasteiger partial charge in [-0.05, 0) is 19.8 Å². The second-order valence-electron chi connectivity index (χ2n) is 4.58. The normalized spacial score (nSPS) is 14.5. The van der Waals surface area contributed by atoms with Crippen molar-refractivity contribution in [3.63, 3.8) is 0 Å². The number of alkyl halides is 3. The van der Waals surface area contributed by atoms with E-state index in [-0.39, 0.29) is 5.92 Å². The van der Waals surface area contributed by atoms with E-state index in [4.69, 9.17) is 5.84 Å². The molecule has 1 unspecified atom stereocenters. The van der Waals surface area contributed by atoms with E-state index < -0.39 is 30.7 Å². The lowest BCUT2D eigenvalue weighted by molar-refractivity contribution is -0.161. The second-order valence-corrected chi connectivity index (χ2v) is 4.58. The van der Waals surface area contributed by atoms with Crippen molar-refractivity contribution >= 4 is 5.91 Å². The number of halogens is 3. The Labute approximate surface area is 99.3 Å². The van der Waals surface area contributed by atoms with E-state index in [1.54, 1.807) is 27.7 Å². The van der Waals surface area contributed by atoms with Gasteiger partial charge < -0.3 is 0 Å². The molecular formula is C10H20F3N3O. The van der Waals surface area contributed by atoms with Crippen molar-refractivity contribution in [3.8, 4) is 0 Å². The number of carbonyl (C=O) groups excluding carboxylic acids is 1. The Morgan fingerprint density at radius 2 is 1.76 bits per heavy atom. The molecule has 0 aliphatic heterocycles. The van der Waals surface area contributed by atoms with E-state index in [2.05, 4.69) is 0 Å². The number of nitrogens with two attached hydrogens (primary N) is 1. The Kier molecular flexibility index (Phi) is 5.91. The fourth-order valence-electron chi connectivity index (χ4n) is 1.73. The number of rotatable bonds is 5. The highest BCUT2D eigenvalue weighted by Crippen LogP contribution is 2.22. The van der Waals surface area contributed by atoms with Gasteiger partial charge in [0, 0.05) is 6.04 Å². The molecule has 0 saturated heterocycles. The van der Waals surface area contributed by atoms with Gasteiger partial charge in [0.15, 0.2) is 0 Å². The van der Waals surface area contributed by atoms with Crippen molar-refractivity contribution < 1.29 is 18.0 Å². The summed E-state index contributed by atoms with van der Waals surface area (Å²) >= 11 is 0. The molecule has 0 bridgehead atoms. The van der Waals surface area contributed by atoms with Gasteiger partial charge in [0.05, 0.1) is 12.6 Å². The Morgan fingerprint density at radius 1 is 1.29 bits per heavy atom. The lowest BCUT2D eigenvalue weighted by Crippen LogP contribution is -2.56. The third-order valence-electron chi connectivity index (χ3n) is 2.42. The van der Waals surface area contributed by atoms with Crippen LogP contribution < -0.4 is 11.3 Å². The molecule has 7 heteroatoms. The Bertz CT molecular complexity index is 254. The summed E-state index contributed by atoms with van der Waals surface area (Å²) < 4.78 is 37.4. The number of nitrogens with zero attached hydrogens (tertiary/aromatic N) is 1. The fourth-order valence-corrected chi connectivity index (χ4v) is 1.73. The van der Waals surface area contributed by atoms with Gasteiger partial charge in [-0.1, -0.05) is 13.8 Å². The molecule has 102 valence electrons. The van der Waals surface area contributed by atoms with Crippen LogP contribution in [0.3, 0.4) is 0 Å². The maximum Gasteiger partial charge on any atom is 0.401 e. The first-order valence-corrected chi connectivity index (χ1v) is 5.43. The van der Waals surface area contributed by atoms with Crippen LogP contribution in [0.2, 0.25) is 0 Å². The average Bonchev–Trinajstić information content (AvgIpc) is 2.13. The Balaban J connectivity index is 5.04. The van der Waals surface area contributed by atoms with Gasteiger partial charge >= 0.3 is 6.18 Å². The third-order valence-corrected chi connectivity index (χ3v) is 2.42. The molecule has 0 rings (SSSR count). The van der Waals surface area contributed by atoms with Gasteiger partial charge in [0.2, 0.25) is 0 Å². The van der Waals surface area contributed by atoms with Crippen LogP contribution in [0.4, 0.5) is 13.2 Å². The summed E-state index contributed by atoms with van der Waals surface area (Å²) in [6.07, 6.45) is -4.34. The van der Waals surface area contributed by atoms with Gasteiger partial charge in [0.25, 0.3) is 5.91 Å². The van der Waals surface area contributed by atoms with E-state index in [9.17, 15) is 18.0 Å². The average molecular weight is 255 g/mol. The maximum absolute atomic E-state index is 12.5. The van der Waals surface area contributed by atoms with Crippen LogP contribution in [-0.4, -0.2) is 35.6 Å². The van der Waals surface area contributed by atoms with Crippen LogP contribution in [0, 0.1) is 5.92 Å². The summed E-state index contributed by atoms with van der Waals surface area (Å²) in [5.74, 6) is 4.15. The topological polar surface area (TPSA) is 58.4 Å². The van der Waals surface area contributed by atoms with Gasteiger partial charge in [-0.25, -0.2) is 5.84 Å². The number of nitrogens with one attached hydrogen (secondary N) is 1. The summed E-state index contributed by atoms with van der Waals surface area (Å²) in [5.41, 5.74) is 1.92. The highest BCUT2D eigenvalue weighted by molar-refractivity contribution is 5.81. The van der Waals surface area contributed by atoms with E-state index in [1.165, 1.54) is 0 Å². The van der Waals surface area contributed by atoms with Crippen LogP contribution in [0.15, 0.2) is 0 Å². The first-order valence-electron chi connectivity index (χ1n) is 5.43. The minimum atomic E-state index is -4.34. The standard InChI is InChI=1S/C10H20F3N3O/c1-6(2)8(9(17)15-14)16(7(3)4)5-10(11,12)13/h6-8H,5,14H2,1-4H3,(H,15,17). The first kappa shape index (κ1) is 16.2. The second kappa shape index (κ2) is 6.20. The number of carbonyl (C=O) groups is 1. The van der Waals surface area contributed by atoms with Crippen LogP contribution in [-0.2, 0) is 4.79 Å². The van der Waals surface area contributed by atoms with Crippen LogP contribution >= 0.6 is 0 Å².